The van der Waals surface area contributed by atoms with Gasteiger partial charge >= 0.3 is 6.09 Å². The first-order valence-electron chi connectivity index (χ1n) is 6.57. The van der Waals surface area contributed by atoms with Crippen LogP contribution in [0.25, 0.3) is 0 Å². The Morgan fingerprint density at radius 1 is 1.52 bits per heavy atom. The molecule has 0 saturated carbocycles. The molecule has 1 aromatic heterocycles. The first-order chi connectivity index (χ1) is 9.73. The summed E-state index contributed by atoms with van der Waals surface area (Å²) in [4.78, 5) is 14.9. The molecule has 21 heavy (non-hydrogen) atoms. The molecule has 0 aliphatic rings. The fourth-order valence-electron chi connectivity index (χ4n) is 2.17. The maximum atomic E-state index is 10.7. The molecule has 1 atom stereocenters. The topological polar surface area (TPSA) is 80.7 Å². The molecule has 0 spiro atoms. The molecule has 2 N–H and O–H groups in total. The number of hydrogen-bond donors (Lipinski definition) is 2. The minimum Gasteiger partial charge on any atom is -0.493 e. The lowest BCUT2D eigenvalue weighted by Gasteiger charge is -2.28. The molecule has 6 nitrogen and oxygen atoms in total. The maximum absolute atomic E-state index is 10.7. The summed E-state index contributed by atoms with van der Waals surface area (Å²) in [5.41, 5.74) is -0.497. The van der Waals surface area contributed by atoms with E-state index < -0.39 is 11.6 Å². The highest BCUT2D eigenvalue weighted by Gasteiger charge is 2.23. The van der Waals surface area contributed by atoms with Crippen LogP contribution in [0.1, 0.15) is 27.2 Å². The molecule has 118 valence electrons. The number of ether oxygens (including phenoxy) is 2. The zero-order chi connectivity index (χ0) is 16.0. The molecule has 0 fully saturated rings. The van der Waals surface area contributed by atoms with E-state index in [1.165, 1.54) is 0 Å². The number of carboxylic acid groups (broad SMARTS) is 1. The maximum Gasteiger partial charge on any atom is 0.405 e. The number of nitrogens with zero attached hydrogens (tertiary/aromatic N) is 1. The van der Waals surface area contributed by atoms with Gasteiger partial charge in [-0.25, -0.2) is 9.78 Å². The lowest BCUT2D eigenvalue weighted by molar-refractivity contribution is 0.168. The number of rotatable bonds is 7. The van der Waals surface area contributed by atoms with Crippen LogP contribution in [-0.2, 0) is 0 Å². The number of halogens is 1. The van der Waals surface area contributed by atoms with Crippen molar-refractivity contribution in [3.05, 3.63) is 16.0 Å². The van der Waals surface area contributed by atoms with E-state index in [0.29, 0.717) is 24.5 Å². The van der Waals surface area contributed by atoms with E-state index in [9.17, 15) is 4.79 Å². The van der Waals surface area contributed by atoms with Gasteiger partial charge in [-0.15, -0.1) is 0 Å². The number of nitrogens with one attached hydrogen (secondary N) is 1. The van der Waals surface area contributed by atoms with E-state index in [1.807, 2.05) is 20.8 Å². The molecule has 0 bridgehead atoms. The molecule has 7 heteroatoms. The van der Waals surface area contributed by atoms with Gasteiger partial charge < -0.3 is 19.9 Å². The zero-order valence-electron chi connectivity index (χ0n) is 12.6. The minimum absolute atomic E-state index is 0.177. The Bertz CT molecular complexity index is 494. The molecule has 1 aromatic rings. The van der Waals surface area contributed by atoms with Crippen LogP contribution in [0.4, 0.5) is 4.79 Å². The average molecular weight is 408 g/mol. The highest BCUT2D eigenvalue weighted by atomic mass is 127. The number of aromatic nitrogens is 1. The summed E-state index contributed by atoms with van der Waals surface area (Å²) in [5, 5.41) is 11.3. The van der Waals surface area contributed by atoms with Crippen LogP contribution in [0.5, 0.6) is 11.5 Å². The van der Waals surface area contributed by atoms with Crippen LogP contribution in [0, 0.1) is 9.62 Å². The summed E-state index contributed by atoms with van der Waals surface area (Å²) in [5.74, 6) is 1.41. The number of methoxy groups -OCH3 is 1. The predicted molar refractivity (Wildman–Crippen MR) is 88.0 cm³/mol. The summed E-state index contributed by atoms with van der Waals surface area (Å²) in [6.45, 7) is 6.18. The summed E-state index contributed by atoms with van der Waals surface area (Å²) < 4.78 is 11.8. The second-order valence-electron chi connectivity index (χ2n) is 5.59. The van der Waals surface area contributed by atoms with E-state index in [2.05, 4.69) is 32.9 Å². The molecule has 1 unspecified atom stereocenters. The Hall–Kier alpha value is -1.25. The van der Waals surface area contributed by atoms with E-state index in [1.54, 1.807) is 19.4 Å². The summed E-state index contributed by atoms with van der Waals surface area (Å²) in [6.07, 6.45) is 1.28. The Labute approximate surface area is 138 Å². The Morgan fingerprint density at radius 3 is 2.76 bits per heavy atom. The lowest BCUT2D eigenvalue weighted by atomic mass is 9.92. The van der Waals surface area contributed by atoms with Gasteiger partial charge in [-0.1, -0.05) is 6.92 Å². The molecule has 0 saturated heterocycles. The zero-order valence-corrected chi connectivity index (χ0v) is 14.8. The highest BCUT2D eigenvalue weighted by Crippen LogP contribution is 2.28. The van der Waals surface area contributed by atoms with Gasteiger partial charge in [0.25, 0.3) is 0 Å². The Morgan fingerprint density at radius 2 is 2.19 bits per heavy atom. The van der Waals surface area contributed by atoms with Crippen molar-refractivity contribution >= 4 is 28.7 Å². The standard InChI is InChI=1S/C14H21IN2O4/c1-9(6-14(2,3)17-13(18)19)8-21-11-7-16-12(15)5-10(11)20-4/h5,7,9,17H,6,8H2,1-4H3,(H,18,19). The van der Waals surface area contributed by atoms with Gasteiger partial charge in [-0.3, -0.25) is 0 Å². The fraction of sp³-hybridized carbons (Fsp3) is 0.571. The van der Waals surface area contributed by atoms with Crippen molar-refractivity contribution in [2.45, 2.75) is 32.7 Å². The highest BCUT2D eigenvalue weighted by molar-refractivity contribution is 14.1. The Kier molecular flexibility index (Phi) is 6.50. The molecular formula is C14H21IN2O4. The van der Waals surface area contributed by atoms with Crippen molar-refractivity contribution in [2.75, 3.05) is 13.7 Å². The van der Waals surface area contributed by atoms with Crippen molar-refractivity contribution in [2.24, 2.45) is 5.92 Å². The van der Waals surface area contributed by atoms with Crippen molar-refractivity contribution < 1.29 is 19.4 Å². The van der Waals surface area contributed by atoms with Crippen LogP contribution in [0.15, 0.2) is 12.3 Å². The molecule has 0 aliphatic carbocycles. The molecule has 1 heterocycles. The van der Waals surface area contributed by atoms with Gasteiger partial charge in [0.1, 0.15) is 3.70 Å². The van der Waals surface area contributed by atoms with Gasteiger partial charge in [-0.2, -0.15) is 0 Å². The lowest BCUT2D eigenvalue weighted by Crippen LogP contribution is -2.44. The monoisotopic (exact) mass is 408 g/mol. The van der Waals surface area contributed by atoms with Gasteiger partial charge in [0.2, 0.25) is 0 Å². The smallest absolute Gasteiger partial charge is 0.405 e. The minimum atomic E-state index is -1.02. The molecule has 0 aromatic carbocycles. The van der Waals surface area contributed by atoms with Crippen LogP contribution in [0.3, 0.4) is 0 Å². The number of amides is 1. The van der Waals surface area contributed by atoms with Crippen molar-refractivity contribution in [1.82, 2.24) is 10.3 Å². The quantitative estimate of drug-likeness (QED) is 0.535. The third-order valence-electron chi connectivity index (χ3n) is 2.85. The second-order valence-corrected chi connectivity index (χ2v) is 6.70. The van der Waals surface area contributed by atoms with Gasteiger partial charge in [0, 0.05) is 11.6 Å². The predicted octanol–water partition coefficient (Wildman–Crippen LogP) is 3.15. The number of pyridine rings is 1. The van der Waals surface area contributed by atoms with Crippen molar-refractivity contribution in [3.8, 4) is 11.5 Å². The van der Waals surface area contributed by atoms with Crippen LogP contribution in [0.2, 0.25) is 0 Å². The van der Waals surface area contributed by atoms with Gasteiger partial charge in [0.15, 0.2) is 11.5 Å². The fourth-order valence-corrected chi connectivity index (χ4v) is 2.59. The largest absolute Gasteiger partial charge is 0.493 e. The van der Waals surface area contributed by atoms with Crippen molar-refractivity contribution in [3.63, 3.8) is 0 Å². The third kappa shape index (κ3) is 6.36. The average Bonchev–Trinajstić information content (AvgIpc) is 2.34. The van der Waals surface area contributed by atoms with E-state index >= 15 is 0 Å². The SMILES string of the molecule is COc1cc(I)ncc1OCC(C)CC(C)(C)NC(=O)O. The van der Waals surface area contributed by atoms with E-state index in [0.717, 1.165) is 3.70 Å². The number of carbonyl (C=O) groups is 1. The van der Waals surface area contributed by atoms with E-state index in [-0.39, 0.29) is 5.92 Å². The van der Waals surface area contributed by atoms with Crippen LogP contribution in [-0.4, -0.2) is 35.4 Å². The Balaban J connectivity index is 2.57. The third-order valence-corrected chi connectivity index (χ3v) is 3.44. The summed E-state index contributed by atoms with van der Waals surface area (Å²) in [7, 11) is 1.58. The first kappa shape index (κ1) is 17.8. The molecule has 0 aliphatic heterocycles. The van der Waals surface area contributed by atoms with Crippen LogP contribution < -0.4 is 14.8 Å². The molecule has 1 amide bonds. The number of hydrogen-bond acceptors (Lipinski definition) is 4. The van der Waals surface area contributed by atoms with E-state index in [4.69, 9.17) is 14.6 Å². The van der Waals surface area contributed by atoms with Gasteiger partial charge in [-0.05, 0) is 48.8 Å². The van der Waals surface area contributed by atoms with Crippen LogP contribution >= 0.6 is 22.6 Å². The second kappa shape index (κ2) is 7.67. The molecule has 1 rings (SSSR count). The summed E-state index contributed by atoms with van der Waals surface area (Å²) >= 11 is 2.11. The summed E-state index contributed by atoms with van der Waals surface area (Å²) in [6, 6.07) is 1.80. The van der Waals surface area contributed by atoms with Gasteiger partial charge in [0.05, 0.1) is 19.9 Å². The first-order valence-corrected chi connectivity index (χ1v) is 7.65. The molecule has 0 radical (unpaired) electrons. The normalized spacial score (nSPS) is 12.6. The van der Waals surface area contributed by atoms with Crippen molar-refractivity contribution in [1.29, 1.82) is 0 Å². The molecular weight excluding hydrogens is 387 g/mol.